The van der Waals surface area contributed by atoms with E-state index in [1.54, 1.807) is 30.3 Å². The second-order valence-corrected chi connectivity index (χ2v) is 7.69. The number of allylic oxidation sites excluding steroid dienone is 2. The first kappa shape index (κ1) is 18.5. The molecule has 1 aromatic carbocycles. The normalized spacial score (nSPS) is 22.7. The second-order valence-electron chi connectivity index (χ2n) is 6.47. The maximum absolute atomic E-state index is 12.6. The predicted octanol–water partition coefficient (Wildman–Crippen LogP) is 2.48. The summed E-state index contributed by atoms with van der Waals surface area (Å²) in [5.41, 5.74) is 1.05. The number of aliphatic carboxylic acids is 1. The van der Waals surface area contributed by atoms with Crippen molar-refractivity contribution in [3.05, 3.63) is 42.0 Å². The lowest BCUT2D eigenvalue weighted by Gasteiger charge is -2.27. The Kier molecular flexibility index (Phi) is 5.98. The van der Waals surface area contributed by atoms with E-state index in [4.69, 9.17) is 0 Å². The Morgan fingerprint density at radius 3 is 2.46 bits per heavy atom. The van der Waals surface area contributed by atoms with Gasteiger partial charge < -0.3 is 15.3 Å². The Balaban J connectivity index is 1.70. The van der Waals surface area contributed by atoms with Gasteiger partial charge in [-0.05, 0) is 31.0 Å². The van der Waals surface area contributed by atoms with E-state index in [0.717, 1.165) is 24.6 Å². The van der Waals surface area contributed by atoms with Crippen molar-refractivity contribution in [3.63, 3.8) is 0 Å². The van der Waals surface area contributed by atoms with Crippen LogP contribution >= 0.6 is 11.8 Å². The molecule has 0 bridgehead atoms. The number of carbonyl (C=O) groups excluding carboxylic acids is 2. The van der Waals surface area contributed by atoms with Crippen LogP contribution in [-0.2, 0) is 9.59 Å². The molecule has 1 aromatic rings. The molecule has 2 amide bonds. The molecule has 1 heterocycles. The molecule has 138 valence electrons. The summed E-state index contributed by atoms with van der Waals surface area (Å²) < 4.78 is 0. The van der Waals surface area contributed by atoms with Gasteiger partial charge in [0.1, 0.15) is 0 Å². The van der Waals surface area contributed by atoms with Crippen molar-refractivity contribution in [1.82, 2.24) is 4.90 Å². The molecule has 0 aromatic heterocycles. The third kappa shape index (κ3) is 4.27. The zero-order valence-electron chi connectivity index (χ0n) is 14.4. The summed E-state index contributed by atoms with van der Waals surface area (Å²) in [5.74, 6) is -0.749. The quantitative estimate of drug-likeness (QED) is 0.791. The van der Waals surface area contributed by atoms with Crippen molar-refractivity contribution in [2.75, 3.05) is 29.9 Å². The van der Waals surface area contributed by atoms with Gasteiger partial charge in [0, 0.05) is 35.8 Å². The first-order valence-corrected chi connectivity index (χ1v) is 9.87. The SMILES string of the molecule is O=C(O)[C@H]1CC=CC[C@@H]1C(=O)Nc1cccc(C(=O)N2CCSCC2)c1. The number of benzene rings is 1. The minimum Gasteiger partial charge on any atom is -0.481 e. The van der Waals surface area contributed by atoms with Crippen molar-refractivity contribution in [1.29, 1.82) is 0 Å². The fourth-order valence-corrected chi connectivity index (χ4v) is 4.19. The van der Waals surface area contributed by atoms with Crippen LogP contribution in [0.4, 0.5) is 5.69 Å². The zero-order valence-corrected chi connectivity index (χ0v) is 15.2. The minimum atomic E-state index is -0.957. The molecule has 1 saturated heterocycles. The lowest BCUT2D eigenvalue weighted by Crippen LogP contribution is -2.38. The van der Waals surface area contributed by atoms with E-state index in [9.17, 15) is 19.5 Å². The van der Waals surface area contributed by atoms with Crippen LogP contribution in [0.5, 0.6) is 0 Å². The number of nitrogens with zero attached hydrogens (tertiary/aromatic N) is 1. The molecule has 2 N–H and O–H groups in total. The highest BCUT2D eigenvalue weighted by molar-refractivity contribution is 7.99. The van der Waals surface area contributed by atoms with E-state index in [1.807, 2.05) is 22.7 Å². The maximum atomic E-state index is 12.6. The summed E-state index contributed by atoms with van der Waals surface area (Å²) in [4.78, 5) is 38.4. The van der Waals surface area contributed by atoms with Gasteiger partial charge in [0.05, 0.1) is 11.8 Å². The number of carboxylic acid groups (broad SMARTS) is 1. The van der Waals surface area contributed by atoms with Crippen molar-refractivity contribution >= 4 is 35.2 Å². The van der Waals surface area contributed by atoms with Crippen LogP contribution in [0.25, 0.3) is 0 Å². The Morgan fingerprint density at radius 2 is 1.77 bits per heavy atom. The van der Waals surface area contributed by atoms with Crippen LogP contribution in [-0.4, -0.2) is 52.4 Å². The maximum Gasteiger partial charge on any atom is 0.307 e. The summed E-state index contributed by atoms with van der Waals surface area (Å²) in [6.07, 6.45) is 4.42. The van der Waals surface area contributed by atoms with Gasteiger partial charge in [-0.3, -0.25) is 14.4 Å². The predicted molar refractivity (Wildman–Crippen MR) is 101 cm³/mol. The highest BCUT2D eigenvalue weighted by Crippen LogP contribution is 2.27. The number of hydrogen-bond donors (Lipinski definition) is 2. The van der Waals surface area contributed by atoms with E-state index in [1.165, 1.54) is 0 Å². The molecule has 7 heteroatoms. The molecular weight excluding hydrogens is 352 g/mol. The van der Waals surface area contributed by atoms with Crippen molar-refractivity contribution in [2.45, 2.75) is 12.8 Å². The van der Waals surface area contributed by atoms with E-state index < -0.39 is 17.8 Å². The lowest BCUT2D eigenvalue weighted by atomic mass is 9.82. The lowest BCUT2D eigenvalue weighted by molar-refractivity contribution is -0.146. The topological polar surface area (TPSA) is 86.7 Å². The molecule has 0 unspecified atom stereocenters. The molecule has 1 aliphatic carbocycles. The summed E-state index contributed by atoms with van der Waals surface area (Å²) in [7, 11) is 0. The van der Waals surface area contributed by atoms with E-state index in [0.29, 0.717) is 24.1 Å². The Hall–Kier alpha value is -2.28. The standard InChI is InChI=1S/C19H22N2O4S/c22-17(15-6-1-2-7-16(15)19(24)25)20-14-5-3-4-13(12-14)18(23)21-8-10-26-11-9-21/h1-5,12,15-16H,6-11H2,(H,20,22)(H,24,25)/t15-,16-/m0/s1. The van der Waals surface area contributed by atoms with Gasteiger partial charge in [-0.1, -0.05) is 18.2 Å². The number of carboxylic acids is 1. The van der Waals surface area contributed by atoms with Crippen LogP contribution < -0.4 is 5.32 Å². The Labute approximate surface area is 156 Å². The fraction of sp³-hybridized carbons (Fsp3) is 0.421. The Bertz CT molecular complexity index is 728. The fourth-order valence-electron chi connectivity index (χ4n) is 3.29. The molecule has 2 atom stereocenters. The van der Waals surface area contributed by atoms with Gasteiger partial charge in [0.2, 0.25) is 5.91 Å². The van der Waals surface area contributed by atoms with Crippen LogP contribution in [0.2, 0.25) is 0 Å². The van der Waals surface area contributed by atoms with Gasteiger partial charge >= 0.3 is 5.97 Å². The van der Waals surface area contributed by atoms with Gasteiger partial charge in [-0.15, -0.1) is 0 Å². The average molecular weight is 374 g/mol. The van der Waals surface area contributed by atoms with Crippen LogP contribution in [0.3, 0.4) is 0 Å². The number of nitrogens with one attached hydrogen (secondary N) is 1. The number of rotatable bonds is 4. The molecule has 6 nitrogen and oxygen atoms in total. The molecule has 1 aliphatic heterocycles. The molecular formula is C19H22N2O4S. The molecule has 1 fully saturated rings. The number of anilines is 1. The highest BCUT2D eigenvalue weighted by Gasteiger charge is 2.34. The van der Waals surface area contributed by atoms with Crippen molar-refractivity contribution in [3.8, 4) is 0 Å². The molecule has 0 radical (unpaired) electrons. The smallest absolute Gasteiger partial charge is 0.307 e. The average Bonchev–Trinajstić information content (AvgIpc) is 2.68. The number of amides is 2. The highest BCUT2D eigenvalue weighted by atomic mass is 32.2. The third-order valence-corrected chi connectivity index (χ3v) is 5.70. The van der Waals surface area contributed by atoms with Crippen molar-refractivity contribution in [2.24, 2.45) is 11.8 Å². The van der Waals surface area contributed by atoms with E-state index in [-0.39, 0.29) is 11.8 Å². The Morgan fingerprint density at radius 1 is 1.08 bits per heavy atom. The molecule has 0 saturated carbocycles. The van der Waals surface area contributed by atoms with Gasteiger partial charge in [-0.2, -0.15) is 11.8 Å². The summed E-state index contributed by atoms with van der Waals surface area (Å²) >= 11 is 1.84. The summed E-state index contributed by atoms with van der Waals surface area (Å²) in [6, 6.07) is 6.85. The first-order chi connectivity index (χ1) is 12.6. The minimum absolute atomic E-state index is 0.0367. The van der Waals surface area contributed by atoms with E-state index >= 15 is 0 Å². The third-order valence-electron chi connectivity index (χ3n) is 4.76. The monoisotopic (exact) mass is 374 g/mol. The summed E-state index contributed by atoms with van der Waals surface area (Å²) in [6.45, 7) is 1.46. The van der Waals surface area contributed by atoms with Gasteiger partial charge in [-0.25, -0.2) is 0 Å². The van der Waals surface area contributed by atoms with Gasteiger partial charge in [0.15, 0.2) is 0 Å². The van der Waals surface area contributed by atoms with Crippen LogP contribution in [0.15, 0.2) is 36.4 Å². The largest absolute Gasteiger partial charge is 0.481 e. The molecule has 2 aliphatic rings. The second kappa shape index (κ2) is 8.40. The molecule has 26 heavy (non-hydrogen) atoms. The van der Waals surface area contributed by atoms with E-state index in [2.05, 4.69) is 5.32 Å². The molecule has 0 spiro atoms. The van der Waals surface area contributed by atoms with Gasteiger partial charge in [0.25, 0.3) is 5.91 Å². The molecule has 3 rings (SSSR count). The zero-order chi connectivity index (χ0) is 18.5. The summed E-state index contributed by atoms with van der Waals surface area (Å²) in [5, 5.41) is 12.1. The first-order valence-electron chi connectivity index (χ1n) is 8.72. The number of carbonyl (C=O) groups is 3. The van der Waals surface area contributed by atoms with Crippen molar-refractivity contribution < 1.29 is 19.5 Å². The number of hydrogen-bond acceptors (Lipinski definition) is 4. The number of thioether (sulfide) groups is 1. The van der Waals surface area contributed by atoms with Crippen LogP contribution in [0.1, 0.15) is 23.2 Å². The van der Waals surface area contributed by atoms with Crippen LogP contribution in [0, 0.1) is 11.8 Å².